The summed E-state index contributed by atoms with van der Waals surface area (Å²) in [6, 6.07) is 3.49. The Morgan fingerprint density at radius 2 is 2.38 bits per heavy atom. The highest BCUT2D eigenvalue weighted by molar-refractivity contribution is 7.14. The number of amides is 1. The highest BCUT2D eigenvalue weighted by Gasteiger charge is 2.14. The number of carbonyl (C=O) groups excluding carboxylic acids is 2. The third-order valence-corrected chi connectivity index (χ3v) is 2.00. The summed E-state index contributed by atoms with van der Waals surface area (Å²) in [7, 11) is 0. The maximum Gasteiger partial charge on any atom is 0.397 e. The Hall–Kier alpha value is -1.36. The first kappa shape index (κ1) is 9.73. The fourth-order valence-corrected chi connectivity index (χ4v) is 1.32. The van der Waals surface area contributed by atoms with Gasteiger partial charge in [-0.1, -0.05) is 0 Å². The van der Waals surface area contributed by atoms with Gasteiger partial charge in [0.2, 0.25) is 0 Å². The summed E-state index contributed by atoms with van der Waals surface area (Å²) >= 11 is 1.35. The van der Waals surface area contributed by atoms with Crippen molar-refractivity contribution in [3.05, 3.63) is 17.5 Å². The number of anilines is 1. The molecular formula is C8H9NO3S. The van der Waals surface area contributed by atoms with Gasteiger partial charge in [-0.3, -0.25) is 4.79 Å². The van der Waals surface area contributed by atoms with Gasteiger partial charge in [0.25, 0.3) is 0 Å². The van der Waals surface area contributed by atoms with Crippen molar-refractivity contribution in [2.45, 2.75) is 6.92 Å². The SMILES string of the molecule is CCOC(=O)C(=O)Nc1cccs1. The molecule has 0 saturated carbocycles. The fourth-order valence-electron chi connectivity index (χ4n) is 0.709. The number of rotatable bonds is 2. The Balaban J connectivity index is 2.46. The molecule has 0 aliphatic carbocycles. The number of esters is 1. The van der Waals surface area contributed by atoms with Gasteiger partial charge in [0.05, 0.1) is 11.6 Å². The van der Waals surface area contributed by atoms with Gasteiger partial charge in [0.15, 0.2) is 0 Å². The minimum absolute atomic E-state index is 0.205. The topological polar surface area (TPSA) is 55.4 Å². The van der Waals surface area contributed by atoms with Crippen LogP contribution in [0.2, 0.25) is 0 Å². The summed E-state index contributed by atoms with van der Waals surface area (Å²) in [6.07, 6.45) is 0. The number of hydrogen-bond acceptors (Lipinski definition) is 4. The van der Waals surface area contributed by atoms with Gasteiger partial charge in [-0.05, 0) is 24.4 Å². The van der Waals surface area contributed by atoms with Crippen molar-refractivity contribution in [3.8, 4) is 0 Å². The summed E-state index contributed by atoms with van der Waals surface area (Å²) in [5, 5.41) is 4.85. The van der Waals surface area contributed by atoms with Gasteiger partial charge < -0.3 is 10.1 Å². The monoisotopic (exact) mass is 199 g/mol. The lowest BCUT2D eigenvalue weighted by Crippen LogP contribution is -2.24. The molecule has 70 valence electrons. The third kappa shape index (κ3) is 2.87. The molecule has 1 aromatic heterocycles. The number of carbonyl (C=O) groups is 2. The molecule has 0 saturated heterocycles. The highest BCUT2D eigenvalue weighted by Crippen LogP contribution is 2.14. The van der Waals surface area contributed by atoms with E-state index in [4.69, 9.17) is 0 Å². The number of hydrogen-bond donors (Lipinski definition) is 1. The lowest BCUT2D eigenvalue weighted by Gasteiger charge is -2.00. The average Bonchev–Trinajstić information content (AvgIpc) is 2.57. The molecule has 0 bridgehead atoms. The zero-order chi connectivity index (χ0) is 9.68. The van der Waals surface area contributed by atoms with E-state index in [0.717, 1.165) is 0 Å². The Kier molecular flexibility index (Phi) is 3.45. The normalized spacial score (nSPS) is 9.31. The largest absolute Gasteiger partial charge is 0.459 e. The van der Waals surface area contributed by atoms with E-state index in [9.17, 15) is 9.59 Å². The van der Waals surface area contributed by atoms with Gasteiger partial charge in [-0.25, -0.2) is 4.79 Å². The summed E-state index contributed by atoms with van der Waals surface area (Å²) in [6.45, 7) is 1.85. The molecule has 0 aliphatic heterocycles. The van der Waals surface area contributed by atoms with Gasteiger partial charge in [-0.15, -0.1) is 11.3 Å². The summed E-state index contributed by atoms with van der Waals surface area (Å²) in [5.41, 5.74) is 0. The van der Waals surface area contributed by atoms with Crippen LogP contribution in [0.3, 0.4) is 0 Å². The van der Waals surface area contributed by atoms with Crippen LogP contribution in [0.5, 0.6) is 0 Å². The second-order valence-electron chi connectivity index (χ2n) is 2.15. The summed E-state index contributed by atoms with van der Waals surface area (Å²) in [4.78, 5) is 21.9. The van der Waals surface area contributed by atoms with Crippen LogP contribution in [0, 0.1) is 0 Å². The van der Waals surface area contributed by atoms with E-state index in [1.54, 1.807) is 24.4 Å². The van der Waals surface area contributed by atoms with E-state index < -0.39 is 11.9 Å². The van der Waals surface area contributed by atoms with Crippen LogP contribution < -0.4 is 5.32 Å². The molecule has 0 aromatic carbocycles. The predicted molar refractivity (Wildman–Crippen MR) is 49.6 cm³/mol. The molecule has 0 spiro atoms. The standard InChI is InChI=1S/C8H9NO3S/c1-2-12-8(11)7(10)9-6-4-3-5-13-6/h3-5H,2H2,1H3,(H,9,10). The van der Waals surface area contributed by atoms with E-state index in [1.807, 2.05) is 0 Å². The molecule has 13 heavy (non-hydrogen) atoms. The smallest absolute Gasteiger partial charge is 0.397 e. The minimum Gasteiger partial charge on any atom is -0.459 e. The van der Waals surface area contributed by atoms with Crippen molar-refractivity contribution >= 4 is 28.2 Å². The second kappa shape index (κ2) is 4.61. The van der Waals surface area contributed by atoms with Crippen LogP contribution in [0.25, 0.3) is 0 Å². The summed E-state index contributed by atoms with van der Waals surface area (Å²) in [5.74, 6) is -1.58. The van der Waals surface area contributed by atoms with Crippen molar-refractivity contribution in [1.82, 2.24) is 0 Å². The average molecular weight is 199 g/mol. The van der Waals surface area contributed by atoms with Crippen LogP contribution in [0.15, 0.2) is 17.5 Å². The Labute approximate surface area is 79.5 Å². The van der Waals surface area contributed by atoms with Gasteiger partial charge in [-0.2, -0.15) is 0 Å². The lowest BCUT2D eigenvalue weighted by molar-refractivity contribution is -0.152. The molecule has 0 fully saturated rings. The predicted octanol–water partition coefficient (Wildman–Crippen LogP) is 1.25. The molecule has 0 radical (unpaired) electrons. The van der Waals surface area contributed by atoms with Crippen LogP contribution in [-0.4, -0.2) is 18.5 Å². The van der Waals surface area contributed by atoms with Crippen molar-refractivity contribution in [2.75, 3.05) is 11.9 Å². The molecule has 1 N–H and O–H groups in total. The van der Waals surface area contributed by atoms with Crippen LogP contribution in [0.1, 0.15) is 6.92 Å². The van der Waals surface area contributed by atoms with Crippen molar-refractivity contribution in [3.63, 3.8) is 0 Å². The summed E-state index contributed by atoms with van der Waals surface area (Å²) < 4.78 is 4.51. The first-order valence-corrected chi connectivity index (χ1v) is 4.63. The molecule has 1 heterocycles. The quantitative estimate of drug-likeness (QED) is 0.576. The molecule has 0 atom stereocenters. The van der Waals surface area contributed by atoms with Crippen molar-refractivity contribution in [2.24, 2.45) is 0 Å². The fraction of sp³-hybridized carbons (Fsp3) is 0.250. The van der Waals surface area contributed by atoms with Crippen LogP contribution in [0.4, 0.5) is 5.00 Å². The Morgan fingerprint density at radius 3 is 2.92 bits per heavy atom. The van der Waals surface area contributed by atoms with E-state index in [-0.39, 0.29) is 6.61 Å². The zero-order valence-corrected chi connectivity index (χ0v) is 7.89. The zero-order valence-electron chi connectivity index (χ0n) is 7.07. The second-order valence-corrected chi connectivity index (χ2v) is 3.10. The minimum atomic E-state index is -0.851. The maximum absolute atomic E-state index is 11.0. The molecule has 5 heteroatoms. The van der Waals surface area contributed by atoms with Crippen LogP contribution >= 0.6 is 11.3 Å². The Morgan fingerprint density at radius 1 is 1.62 bits per heavy atom. The molecule has 4 nitrogen and oxygen atoms in total. The third-order valence-electron chi connectivity index (χ3n) is 1.22. The van der Waals surface area contributed by atoms with E-state index in [1.165, 1.54) is 11.3 Å². The number of ether oxygens (including phenoxy) is 1. The lowest BCUT2D eigenvalue weighted by atomic mass is 10.5. The Bertz CT molecular complexity index is 294. The first-order chi connectivity index (χ1) is 6.24. The van der Waals surface area contributed by atoms with E-state index >= 15 is 0 Å². The molecule has 1 amide bonds. The number of thiophene rings is 1. The maximum atomic E-state index is 11.0. The van der Waals surface area contributed by atoms with Gasteiger partial charge in [0, 0.05) is 0 Å². The molecule has 1 aromatic rings. The van der Waals surface area contributed by atoms with Gasteiger partial charge >= 0.3 is 11.9 Å². The number of nitrogens with one attached hydrogen (secondary N) is 1. The highest BCUT2D eigenvalue weighted by atomic mass is 32.1. The molecule has 1 rings (SSSR count). The molecule has 0 aliphatic rings. The first-order valence-electron chi connectivity index (χ1n) is 3.75. The molecule has 0 unspecified atom stereocenters. The van der Waals surface area contributed by atoms with Crippen molar-refractivity contribution < 1.29 is 14.3 Å². The van der Waals surface area contributed by atoms with Crippen molar-refractivity contribution in [1.29, 1.82) is 0 Å². The van der Waals surface area contributed by atoms with E-state index in [2.05, 4.69) is 10.1 Å². The van der Waals surface area contributed by atoms with E-state index in [0.29, 0.717) is 5.00 Å². The van der Waals surface area contributed by atoms with Crippen LogP contribution in [-0.2, 0) is 14.3 Å². The van der Waals surface area contributed by atoms with Gasteiger partial charge in [0.1, 0.15) is 0 Å². The molecular weight excluding hydrogens is 190 g/mol.